The van der Waals surface area contributed by atoms with E-state index in [-0.39, 0.29) is 17.8 Å². The van der Waals surface area contributed by atoms with E-state index in [9.17, 15) is 4.79 Å². The molecule has 1 saturated carbocycles. The van der Waals surface area contributed by atoms with Crippen LogP contribution in [0.15, 0.2) is 5.16 Å². The molecule has 2 rings (SSSR count). The molecular formula is C15H26N4O2S. The van der Waals surface area contributed by atoms with Crippen LogP contribution in [0.25, 0.3) is 0 Å². The largest absolute Gasteiger partial charge is 0.468 e. The van der Waals surface area contributed by atoms with Crippen LogP contribution < -0.4 is 5.73 Å². The molecule has 1 atom stereocenters. The van der Waals surface area contributed by atoms with Gasteiger partial charge in [-0.05, 0) is 25.2 Å². The third-order valence-corrected chi connectivity index (χ3v) is 4.90. The quantitative estimate of drug-likeness (QED) is 0.613. The van der Waals surface area contributed by atoms with Gasteiger partial charge in [-0.15, -0.1) is 10.2 Å². The van der Waals surface area contributed by atoms with Gasteiger partial charge >= 0.3 is 5.97 Å². The molecule has 1 aliphatic carbocycles. The van der Waals surface area contributed by atoms with Gasteiger partial charge in [0.05, 0.1) is 18.9 Å². The molecule has 2 N–H and O–H groups in total. The number of ether oxygens (including phenoxy) is 1. The zero-order valence-electron chi connectivity index (χ0n) is 13.6. The standard InChI is InChI=1S/C15H26N4O2S/c1-10(2)8-12(16)14-17-18-15(22-9-13(20)21-3)19(14)11-6-4-5-7-11/h10-12H,4-9,16H2,1-3H3/t12-/m0/s1. The SMILES string of the molecule is COC(=O)CSc1nnc([C@@H](N)CC(C)C)n1C1CCCC1. The van der Waals surface area contributed by atoms with E-state index in [0.29, 0.717) is 12.0 Å². The van der Waals surface area contributed by atoms with Gasteiger partial charge in [-0.3, -0.25) is 4.79 Å². The minimum absolute atomic E-state index is 0.111. The number of nitrogens with two attached hydrogens (primary N) is 1. The van der Waals surface area contributed by atoms with E-state index in [1.165, 1.54) is 31.7 Å². The first kappa shape index (κ1) is 17.3. The third-order valence-electron chi connectivity index (χ3n) is 3.98. The minimum Gasteiger partial charge on any atom is -0.468 e. The van der Waals surface area contributed by atoms with Crippen LogP contribution in [0.2, 0.25) is 0 Å². The smallest absolute Gasteiger partial charge is 0.316 e. The molecule has 1 fully saturated rings. The molecule has 1 heterocycles. The average molecular weight is 326 g/mol. The van der Waals surface area contributed by atoms with Gasteiger partial charge in [-0.2, -0.15) is 0 Å². The average Bonchev–Trinajstić information content (AvgIpc) is 3.12. The molecule has 0 amide bonds. The van der Waals surface area contributed by atoms with E-state index in [1.807, 2.05) is 0 Å². The van der Waals surface area contributed by atoms with Crippen molar-refractivity contribution in [2.75, 3.05) is 12.9 Å². The summed E-state index contributed by atoms with van der Waals surface area (Å²) in [7, 11) is 1.40. The number of hydrogen-bond donors (Lipinski definition) is 1. The van der Waals surface area contributed by atoms with Gasteiger partial charge in [0.25, 0.3) is 0 Å². The van der Waals surface area contributed by atoms with E-state index in [0.717, 1.165) is 30.2 Å². The summed E-state index contributed by atoms with van der Waals surface area (Å²) in [5.74, 6) is 1.36. The van der Waals surface area contributed by atoms with Crippen molar-refractivity contribution < 1.29 is 9.53 Å². The molecule has 1 aliphatic rings. The number of rotatable bonds is 7. The van der Waals surface area contributed by atoms with Gasteiger partial charge in [-0.1, -0.05) is 38.5 Å². The summed E-state index contributed by atoms with van der Waals surface area (Å²) in [5, 5.41) is 9.40. The molecule has 0 unspecified atom stereocenters. The fraction of sp³-hybridized carbons (Fsp3) is 0.800. The van der Waals surface area contributed by atoms with Crippen LogP contribution in [-0.2, 0) is 9.53 Å². The van der Waals surface area contributed by atoms with Crippen LogP contribution in [0.1, 0.15) is 63.9 Å². The molecule has 22 heavy (non-hydrogen) atoms. The molecule has 1 aromatic rings. The maximum absolute atomic E-state index is 11.4. The molecule has 0 saturated heterocycles. The number of carbonyl (C=O) groups is 1. The zero-order chi connectivity index (χ0) is 16.1. The van der Waals surface area contributed by atoms with Crippen molar-refractivity contribution >= 4 is 17.7 Å². The van der Waals surface area contributed by atoms with Crippen molar-refractivity contribution in [1.82, 2.24) is 14.8 Å². The lowest BCUT2D eigenvalue weighted by molar-refractivity contribution is -0.137. The Labute approximate surface area is 136 Å². The summed E-state index contributed by atoms with van der Waals surface area (Å²) in [4.78, 5) is 11.4. The predicted octanol–water partition coefficient (Wildman–Crippen LogP) is 2.70. The van der Waals surface area contributed by atoms with Gasteiger partial charge < -0.3 is 15.0 Å². The number of aromatic nitrogens is 3. The van der Waals surface area contributed by atoms with Crippen molar-refractivity contribution in [2.24, 2.45) is 11.7 Å². The van der Waals surface area contributed by atoms with Gasteiger partial charge in [0.2, 0.25) is 0 Å². The Bertz CT molecular complexity index is 498. The van der Waals surface area contributed by atoms with Gasteiger partial charge in [0, 0.05) is 6.04 Å². The lowest BCUT2D eigenvalue weighted by Crippen LogP contribution is -2.21. The van der Waals surface area contributed by atoms with Crippen LogP contribution in [-0.4, -0.2) is 33.6 Å². The zero-order valence-corrected chi connectivity index (χ0v) is 14.4. The Morgan fingerprint density at radius 2 is 2.09 bits per heavy atom. The maximum atomic E-state index is 11.4. The number of thioether (sulfide) groups is 1. The molecule has 0 aromatic carbocycles. The molecule has 0 bridgehead atoms. The summed E-state index contributed by atoms with van der Waals surface area (Å²) in [6, 6.07) is 0.295. The van der Waals surface area contributed by atoms with Crippen LogP contribution in [0.3, 0.4) is 0 Å². The van der Waals surface area contributed by atoms with Crippen molar-refractivity contribution in [2.45, 2.75) is 63.2 Å². The van der Waals surface area contributed by atoms with Crippen LogP contribution in [0, 0.1) is 5.92 Å². The molecule has 6 nitrogen and oxygen atoms in total. The Balaban J connectivity index is 2.21. The van der Waals surface area contributed by atoms with Crippen molar-refractivity contribution in [3.8, 4) is 0 Å². The van der Waals surface area contributed by atoms with Crippen molar-refractivity contribution in [3.63, 3.8) is 0 Å². The van der Waals surface area contributed by atoms with Crippen LogP contribution >= 0.6 is 11.8 Å². The van der Waals surface area contributed by atoms with Crippen LogP contribution in [0.5, 0.6) is 0 Å². The van der Waals surface area contributed by atoms with Crippen molar-refractivity contribution in [3.05, 3.63) is 5.82 Å². The summed E-state index contributed by atoms with van der Waals surface area (Å²) < 4.78 is 6.88. The minimum atomic E-state index is -0.251. The van der Waals surface area contributed by atoms with Gasteiger partial charge in [-0.25, -0.2) is 0 Å². The summed E-state index contributed by atoms with van der Waals surface area (Å²) in [6.07, 6.45) is 5.59. The highest BCUT2D eigenvalue weighted by molar-refractivity contribution is 7.99. The van der Waals surface area contributed by atoms with E-state index in [2.05, 4.69) is 28.6 Å². The monoisotopic (exact) mass is 326 g/mol. The molecule has 0 spiro atoms. The first-order valence-corrected chi connectivity index (χ1v) is 8.91. The summed E-state index contributed by atoms with van der Waals surface area (Å²) in [6.45, 7) is 4.31. The van der Waals surface area contributed by atoms with Crippen LogP contribution in [0.4, 0.5) is 0 Å². The number of esters is 1. The number of carbonyl (C=O) groups excluding carboxylic acids is 1. The topological polar surface area (TPSA) is 83.0 Å². The van der Waals surface area contributed by atoms with Gasteiger partial charge in [0.1, 0.15) is 0 Å². The summed E-state index contributed by atoms with van der Waals surface area (Å²) in [5.41, 5.74) is 6.34. The molecule has 124 valence electrons. The second kappa shape index (κ2) is 7.97. The fourth-order valence-corrected chi connectivity index (χ4v) is 3.79. The normalized spacial score (nSPS) is 17.1. The lowest BCUT2D eigenvalue weighted by Gasteiger charge is -2.20. The maximum Gasteiger partial charge on any atom is 0.316 e. The van der Waals surface area contributed by atoms with E-state index < -0.39 is 0 Å². The molecule has 0 radical (unpaired) electrons. The highest BCUT2D eigenvalue weighted by Gasteiger charge is 2.27. The molecular weight excluding hydrogens is 300 g/mol. The Morgan fingerprint density at radius 3 is 2.68 bits per heavy atom. The molecule has 7 heteroatoms. The predicted molar refractivity (Wildman–Crippen MR) is 86.7 cm³/mol. The Morgan fingerprint density at radius 1 is 1.41 bits per heavy atom. The molecule has 1 aromatic heterocycles. The highest BCUT2D eigenvalue weighted by atomic mass is 32.2. The first-order valence-electron chi connectivity index (χ1n) is 7.93. The summed E-state index contributed by atoms with van der Waals surface area (Å²) >= 11 is 1.38. The van der Waals surface area contributed by atoms with Crippen molar-refractivity contribution in [1.29, 1.82) is 0 Å². The third kappa shape index (κ3) is 4.23. The molecule has 0 aliphatic heterocycles. The Hall–Kier alpha value is -1.08. The number of methoxy groups -OCH3 is 1. The van der Waals surface area contributed by atoms with Gasteiger partial charge in [0.15, 0.2) is 11.0 Å². The highest BCUT2D eigenvalue weighted by Crippen LogP contribution is 2.35. The Kier molecular flexibility index (Phi) is 6.26. The fourth-order valence-electron chi connectivity index (χ4n) is 2.94. The number of hydrogen-bond acceptors (Lipinski definition) is 6. The second-order valence-electron chi connectivity index (χ2n) is 6.25. The number of nitrogens with zero attached hydrogens (tertiary/aromatic N) is 3. The van der Waals surface area contributed by atoms with E-state index in [4.69, 9.17) is 10.5 Å². The first-order chi connectivity index (χ1) is 10.5. The lowest BCUT2D eigenvalue weighted by atomic mass is 10.0. The van der Waals surface area contributed by atoms with E-state index in [1.54, 1.807) is 0 Å². The van der Waals surface area contributed by atoms with E-state index >= 15 is 0 Å². The second-order valence-corrected chi connectivity index (χ2v) is 7.19.